The Morgan fingerprint density at radius 3 is 1.24 bits per heavy atom. The van der Waals surface area contributed by atoms with Crippen LogP contribution in [0.3, 0.4) is 0 Å². The van der Waals surface area contributed by atoms with Gasteiger partial charge in [0.1, 0.15) is 0 Å². The highest BCUT2D eigenvalue weighted by molar-refractivity contribution is 8.03. The standard InChI is InChI=1S/C34H26S3/c1-3-11-25(12-4-1)23-35-31-21-19-27-15-7-9-17-29(27)33(31)37-34-30-18-10-8-16-28(30)20-22-32(34)36-24-26-13-5-2-6-14-26/h1-22H,23-24H2. The van der Waals surface area contributed by atoms with Crippen LogP contribution in [0.1, 0.15) is 11.1 Å². The molecular formula is C34H26S3. The van der Waals surface area contributed by atoms with Crippen LogP contribution in [0.4, 0.5) is 0 Å². The summed E-state index contributed by atoms with van der Waals surface area (Å²) in [7, 11) is 0. The lowest BCUT2D eigenvalue weighted by atomic mass is 10.1. The molecule has 0 radical (unpaired) electrons. The quantitative estimate of drug-likeness (QED) is 0.180. The van der Waals surface area contributed by atoms with E-state index in [2.05, 4.69) is 133 Å². The molecule has 6 aromatic carbocycles. The van der Waals surface area contributed by atoms with E-state index >= 15 is 0 Å². The second-order valence-corrected chi connectivity index (χ2v) is 11.9. The van der Waals surface area contributed by atoms with E-state index < -0.39 is 0 Å². The number of rotatable bonds is 8. The molecule has 0 atom stereocenters. The Labute approximate surface area is 231 Å². The third-order valence-corrected chi connectivity index (χ3v) is 10.2. The summed E-state index contributed by atoms with van der Waals surface area (Å²) in [5.74, 6) is 1.91. The highest BCUT2D eigenvalue weighted by Crippen LogP contribution is 2.47. The van der Waals surface area contributed by atoms with Crippen molar-refractivity contribution in [2.45, 2.75) is 31.1 Å². The topological polar surface area (TPSA) is 0 Å². The van der Waals surface area contributed by atoms with Crippen LogP contribution in [-0.2, 0) is 11.5 Å². The highest BCUT2D eigenvalue weighted by Gasteiger charge is 2.16. The smallest absolute Gasteiger partial charge is 0.0337 e. The fourth-order valence-electron chi connectivity index (χ4n) is 4.46. The van der Waals surface area contributed by atoms with Crippen molar-refractivity contribution in [1.29, 1.82) is 0 Å². The van der Waals surface area contributed by atoms with Crippen molar-refractivity contribution in [2.24, 2.45) is 0 Å². The van der Waals surface area contributed by atoms with Crippen molar-refractivity contribution >= 4 is 56.8 Å². The Hall–Kier alpha value is -3.11. The molecule has 180 valence electrons. The normalized spacial score (nSPS) is 11.2. The zero-order chi connectivity index (χ0) is 24.9. The molecule has 0 aromatic heterocycles. The van der Waals surface area contributed by atoms with Gasteiger partial charge in [0.2, 0.25) is 0 Å². The van der Waals surface area contributed by atoms with Gasteiger partial charge in [-0.15, -0.1) is 23.5 Å². The van der Waals surface area contributed by atoms with Crippen LogP contribution in [0.5, 0.6) is 0 Å². The van der Waals surface area contributed by atoms with Crippen LogP contribution in [0.25, 0.3) is 21.5 Å². The molecule has 0 unspecified atom stereocenters. The Morgan fingerprint density at radius 2 is 0.784 bits per heavy atom. The summed E-state index contributed by atoms with van der Waals surface area (Å²) in [5.41, 5.74) is 2.70. The molecule has 3 heteroatoms. The molecular weight excluding hydrogens is 505 g/mol. The first-order chi connectivity index (χ1) is 18.3. The zero-order valence-electron chi connectivity index (χ0n) is 20.3. The first kappa shape index (κ1) is 24.2. The Kier molecular flexibility index (Phi) is 7.55. The fourth-order valence-corrected chi connectivity index (χ4v) is 8.03. The van der Waals surface area contributed by atoms with Crippen LogP contribution < -0.4 is 0 Å². The van der Waals surface area contributed by atoms with Gasteiger partial charge in [0.25, 0.3) is 0 Å². The number of fused-ring (bicyclic) bond motifs is 2. The minimum Gasteiger partial charge on any atom is -0.120 e. The Balaban J connectivity index is 1.42. The third kappa shape index (κ3) is 5.60. The molecule has 0 amide bonds. The molecule has 0 aliphatic carbocycles. The summed E-state index contributed by atoms with van der Waals surface area (Å²) in [6.07, 6.45) is 0. The Bertz CT molecular complexity index is 1520. The summed E-state index contributed by atoms with van der Waals surface area (Å²) in [4.78, 5) is 5.35. The van der Waals surface area contributed by atoms with Crippen LogP contribution in [0, 0.1) is 0 Å². The maximum Gasteiger partial charge on any atom is 0.0337 e. The predicted octanol–water partition coefficient (Wildman–Crippen LogP) is 10.7. The maximum atomic E-state index is 2.31. The van der Waals surface area contributed by atoms with E-state index in [-0.39, 0.29) is 0 Å². The predicted molar refractivity (Wildman–Crippen MR) is 164 cm³/mol. The van der Waals surface area contributed by atoms with Gasteiger partial charge in [-0.2, -0.15) is 0 Å². The van der Waals surface area contributed by atoms with Gasteiger partial charge in [-0.3, -0.25) is 0 Å². The number of thioether (sulfide) groups is 2. The molecule has 6 rings (SSSR count). The molecule has 0 heterocycles. The summed E-state index contributed by atoms with van der Waals surface area (Å²) < 4.78 is 0. The van der Waals surface area contributed by atoms with Crippen molar-refractivity contribution in [2.75, 3.05) is 0 Å². The van der Waals surface area contributed by atoms with Crippen LogP contribution >= 0.6 is 35.3 Å². The molecule has 0 fully saturated rings. The second kappa shape index (κ2) is 11.5. The lowest BCUT2D eigenvalue weighted by Crippen LogP contribution is -1.89. The van der Waals surface area contributed by atoms with Crippen LogP contribution in [0.2, 0.25) is 0 Å². The summed E-state index contributed by atoms with van der Waals surface area (Å²) in [6, 6.07) is 48.2. The number of benzene rings is 6. The van der Waals surface area contributed by atoms with Crippen molar-refractivity contribution < 1.29 is 0 Å². The van der Waals surface area contributed by atoms with Crippen LogP contribution in [-0.4, -0.2) is 0 Å². The minimum absolute atomic E-state index is 0.956. The SMILES string of the molecule is c1ccc(CSc2ccc3ccccc3c2Sc2c(SCc3ccccc3)ccc3ccccc23)cc1. The van der Waals surface area contributed by atoms with Gasteiger partial charge in [0, 0.05) is 31.1 Å². The van der Waals surface area contributed by atoms with Gasteiger partial charge in [-0.1, -0.05) is 133 Å². The lowest BCUT2D eigenvalue weighted by Gasteiger charge is -2.17. The van der Waals surface area contributed by atoms with E-state index in [0.29, 0.717) is 0 Å². The minimum atomic E-state index is 0.956. The number of hydrogen-bond donors (Lipinski definition) is 0. The first-order valence-electron chi connectivity index (χ1n) is 12.4. The molecule has 0 nitrogen and oxygen atoms in total. The summed E-state index contributed by atoms with van der Waals surface area (Å²) in [5, 5.41) is 5.20. The van der Waals surface area contributed by atoms with Crippen molar-refractivity contribution in [3.05, 3.63) is 145 Å². The van der Waals surface area contributed by atoms with Crippen molar-refractivity contribution in [1.82, 2.24) is 0 Å². The molecule has 37 heavy (non-hydrogen) atoms. The van der Waals surface area contributed by atoms with Gasteiger partial charge in [0.15, 0.2) is 0 Å². The average molecular weight is 531 g/mol. The zero-order valence-corrected chi connectivity index (χ0v) is 22.8. The van der Waals surface area contributed by atoms with Gasteiger partial charge in [0.05, 0.1) is 0 Å². The van der Waals surface area contributed by atoms with Crippen molar-refractivity contribution in [3.8, 4) is 0 Å². The van der Waals surface area contributed by atoms with Crippen LogP contribution in [0.15, 0.2) is 153 Å². The molecule has 0 saturated carbocycles. The molecule has 0 aliphatic rings. The van der Waals surface area contributed by atoms with E-state index in [9.17, 15) is 0 Å². The number of hydrogen-bond acceptors (Lipinski definition) is 3. The molecule has 6 aromatic rings. The first-order valence-corrected chi connectivity index (χ1v) is 15.2. The lowest BCUT2D eigenvalue weighted by molar-refractivity contribution is 1.24. The summed E-state index contributed by atoms with van der Waals surface area (Å²) in [6.45, 7) is 0. The second-order valence-electron chi connectivity index (χ2n) is 8.88. The third-order valence-electron chi connectivity index (χ3n) is 6.37. The molecule has 0 spiro atoms. The Morgan fingerprint density at radius 1 is 0.378 bits per heavy atom. The van der Waals surface area contributed by atoms with E-state index in [0.717, 1.165) is 11.5 Å². The van der Waals surface area contributed by atoms with Crippen molar-refractivity contribution in [3.63, 3.8) is 0 Å². The highest BCUT2D eigenvalue weighted by atomic mass is 32.2. The molecule has 0 N–H and O–H groups in total. The van der Waals surface area contributed by atoms with Gasteiger partial charge < -0.3 is 0 Å². The summed E-state index contributed by atoms with van der Waals surface area (Å²) >= 11 is 5.78. The van der Waals surface area contributed by atoms with E-state index in [1.807, 2.05) is 35.3 Å². The van der Waals surface area contributed by atoms with Gasteiger partial charge >= 0.3 is 0 Å². The fraction of sp³-hybridized carbons (Fsp3) is 0.0588. The average Bonchev–Trinajstić information content (AvgIpc) is 2.97. The monoisotopic (exact) mass is 530 g/mol. The molecule has 0 aliphatic heterocycles. The van der Waals surface area contributed by atoms with Gasteiger partial charge in [-0.05, 0) is 44.8 Å². The van der Waals surface area contributed by atoms with E-state index in [1.165, 1.54) is 52.3 Å². The van der Waals surface area contributed by atoms with E-state index in [1.54, 1.807) is 0 Å². The molecule has 0 bridgehead atoms. The van der Waals surface area contributed by atoms with Gasteiger partial charge in [-0.25, -0.2) is 0 Å². The largest absolute Gasteiger partial charge is 0.120 e. The van der Waals surface area contributed by atoms with E-state index in [4.69, 9.17) is 0 Å². The molecule has 0 saturated heterocycles. The maximum absolute atomic E-state index is 2.31.